The second kappa shape index (κ2) is 12.6. The molecule has 2 rings (SSSR count). The van der Waals surface area contributed by atoms with E-state index in [9.17, 15) is 4.79 Å². The van der Waals surface area contributed by atoms with E-state index in [0.717, 1.165) is 30.8 Å². The number of benzene rings is 1. The van der Waals surface area contributed by atoms with Crippen molar-refractivity contribution >= 4 is 17.6 Å². The van der Waals surface area contributed by atoms with Gasteiger partial charge in [-0.15, -0.1) is 0 Å². The quantitative estimate of drug-likeness (QED) is 0.314. The lowest BCUT2D eigenvalue weighted by Gasteiger charge is -2.11. The van der Waals surface area contributed by atoms with Crippen molar-refractivity contribution in [3.8, 4) is 0 Å². The number of carbonyl (C=O) groups is 1. The molecule has 0 saturated carbocycles. The van der Waals surface area contributed by atoms with Crippen LogP contribution in [0.5, 0.6) is 0 Å². The first-order valence-corrected chi connectivity index (χ1v) is 9.72. The van der Waals surface area contributed by atoms with Crippen molar-refractivity contribution in [1.82, 2.24) is 10.6 Å². The molecule has 0 fully saturated rings. The van der Waals surface area contributed by atoms with Gasteiger partial charge in [-0.05, 0) is 49.6 Å². The van der Waals surface area contributed by atoms with E-state index in [-0.39, 0.29) is 12.5 Å². The van der Waals surface area contributed by atoms with Gasteiger partial charge in [0, 0.05) is 25.4 Å². The molecule has 7 nitrogen and oxygen atoms in total. The summed E-state index contributed by atoms with van der Waals surface area (Å²) >= 11 is 0. The monoisotopic (exact) mass is 386 g/mol. The summed E-state index contributed by atoms with van der Waals surface area (Å²) in [5, 5.41) is 9.22. The van der Waals surface area contributed by atoms with Crippen LogP contribution in [-0.2, 0) is 22.6 Å². The van der Waals surface area contributed by atoms with Gasteiger partial charge in [-0.3, -0.25) is 4.79 Å². The van der Waals surface area contributed by atoms with Crippen molar-refractivity contribution in [2.45, 2.75) is 33.3 Å². The van der Waals surface area contributed by atoms with Gasteiger partial charge in [0.25, 0.3) is 0 Å². The van der Waals surface area contributed by atoms with Crippen LogP contribution in [0.1, 0.15) is 31.6 Å². The zero-order valence-electron chi connectivity index (χ0n) is 16.7. The lowest BCUT2D eigenvalue weighted by Crippen LogP contribution is -2.38. The Morgan fingerprint density at radius 3 is 2.82 bits per heavy atom. The maximum absolute atomic E-state index is 12.1. The Morgan fingerprint density at radius 1 is 1.18 bits per heavy atom. The van der Waals surface area contributed by atoms with Crippen LogP contribution >= 0.6 is 0 Å². The molecule has 0 spiro atoms. The van der Waals surface area contributed by atoms with Crippen LogP contribution in [0, 0.1) is 0 Å². The zero-order valence-corrected chi connectivity index (χ0v) is 16.7. The molecule has 0 aliphatic carbocycles. The van der Waals surface area contributed by atoms with E-state index in [2.05, 4.69) is 27.9 Å². The second-order valence-corrected chi connectivity index (χ2v) is 6.21. The molecule has 152 valence electrons. The lowest BCUT2D eigenvalue weighted by atomic mass is 10.1. The van der Waals surface area contributed by atoms with Gasteiger partial charge in [0.05, 0.1) is 6.26 Å². The number of aliphatic imine (C=N–C) groups is 1. The summed E-state index contributed by atoms with van der Waals surface area (Å²) in [6.45, 7) is 6.63. The molecule has 0 atom stereocenters. The number of amides is 1. The van der Waals surface area contributed by atoms with Crippen LogP contribution in [0.25, 0.3) is 0 Å². The highest BCUT2D eigenvalue weighted by molar-refractivity contribution is 5.94. The molecule has 2 aromatic rings. The van der Waals surface area contributed by atoms with Crippen molar-refractivity contribution in [2.24, 2.45) is 4.99 Å². The predicted molar refractivity (Wildman–Crippen MR) is 111 cm³/mol. The highest BCUT2D eigenvalue weighted by atomic mass is 16.5. The maximum atomic E-state index is 12.1. The molecule has 0 aliphatic heterocycles. The fraction of sp³-hybridized carbons (Fsp3) is 0.429. The van der Waals surface area contributed by atoms with E-state index < -0.39 is 0 Å². The number of anilines is 1. The van der Waals surface area contributed by atoms with Gasteiger partial charge in [0.15, 0.2) is 5.96 Å². The number of hydrogen-bond donors (Lipinski definition) is 3. The SMILES string of the molecule is CCNC(=NCC(=O)Nc1cccc(CC)c1)NCCCOCc1ccco1. The molecule has 0 saturated heterocycles. The number of hydrogen-bond acceptors (Lipinski definition) is 4. The third-order valence-corrected chi connectivity index (χ3v) is 3.93. The van der Waals surface area contributed by atoms with Gasteiger partial charge >= 0.3 is 0 Å². The van der Waals surface area contributed by atoms with E-state index in [4.69, 9.17) is 9.15 Å². The summed E-state index contributed by atoms with van der Waals surface area (Å²) < 4.78 is 10.8. The molecule has 1 heterocycles. The Bertz CT molecular complexity index is 729. The Hall–Kier alpha value is -2.80. The first kappa shape index (κ1) is 21.5. The number of ether oxygens (including phenoxy) is 1. The van der Waals surface area contributed by atoms with Crippen molar-refractivity contribution < 1.29 is 13.9 Å². The Labute approximate surface area is 166 Å². The van der Waals surface area contributed by atoms with Crippen LogP contribution in [0.4, 0.5) is 5.69 Å². The normalized spacial score (nSPS) is 11.3. The first-order chi connectivity index (χ1) is 13.7. The van der Waals surface area contributed by atoms with Crippen LogP contribution in [0.2, 0.25) is 0 Å². The minimum Gasteiger partial charge on any atom is -0.467 e. The van der Waals surface area contributed by atoms with Gasteiger partial charge in [-0.25, -0.2) is 4.99 Å². The molecule has 1 aromatic heterocycles. The van der Waals surface area contributed by atoms with Crippen molar-refractivity contribution in [3.05, 3.63) is 54.0 Å². The average molecular weight is 386 g/mol. The largest absolute Gasteiger partial charge is 0.467 e. The standard InChI is InChI=1S/C21H30N4O3/c1-3-17-8-5-9-18(14-17)25-20(26)15-24-21(22-4-2)23-11-7-12-27-16-19-10-6-13-28-19/h5-6,8-10,13-14H,3-4,7,11-12,15-16H2,1-2H3,(H,25,26)(H2,22,23,24). The second-order valence-electron chi connectivity index (χ2n) is 6.21. The summed E-state index contributed by atoms with van der Waals surface area (Å²) in [4.78, 5) is 16.5. The summed E-state index contributed by atoms with van der Waals surface area (Å²) in [6, 6.07) is 11.6. The number of rotatable bonds is 11. The summed E-state index contributed by atoms with van der Waals surface area (Å²) in [5.41, 5.74) is 1.98. The topological polar surface area (TPSA) is 87.9 Å². The van der Waals surface area contributed by atoms with E-state index in [1.807, 2.05) is 43.3 Å². The smallest absolute Gasteiger partial charge is 0.246 e. The molecule has 3 N–H and O–H groups in total. The molecular formula is C21H30N4O3. The van der Waals surface area contributed by atoms with Crippen LogP contribution in [0.15, 0.2) is 52.1 Å². The highest BCUT2D eigenvalue weighted by Gasteiger charge is 2.04. The zero-order chi connectivity index (χ0) is 20.0. The molecule has 0 bridgehead atoms. The van der Waals surface area contributed by atoms with Crippen molar-refractivity contribution in [1.29, 1.82) is 0 Å². The molecule has 28 heavy (non-hydrogen) atoms. The predicted octanol–water partition coefficient (Wildman–Crippen LogP) is 2.94. The summed E-state index contributed by atoms with van der Waals surface area (Å²) in [7, 11) is 0. The third kappa shape index (κ3) is 8.26. The summed E-state index contributed by atoms with van der Waals surface area (Å²) in [5.74, 6) is 1.29. The molecule has 1 amide bonds. The number of nitrogens with one attached hydrogen (secondary N) is 3. The number of aryl methyl sites for hydroxylation is 1. The van der Waals surface area contributed by atoms with Gasteiger partial charge < -0.3 is 25.1 Å². The Kier molecular flexibility index (Phi) is 9.65. The molecule has 0 unspecified atom stereocenters. The molecule has 0 aliphatic rings. The maximum Gasteiger partial charge on any atom is 0.246 e. The minimum absolute atomic E-state index is 0.0562. The van der Waals surface area contributed by atoms with E-state index in [1.165, 1.54) is 5.56 Å². The summed E-state index contributed by atoms with van der Waals surface area (Å²) in [6.07, 6.45) is 3.39. The van der Waals surface area contributed by atoms with E-state index >= 15 is 0 Å². The first-order valence-electron chi connectivity index (χ1n) is 9.72. The van der Waals surface area contributed by atoms with Gasteiger partial charge in [0.2, 0.25) is 5.91 Å². The third-order valence-electron chi connectivity index (χ3n) is 3.93. The van der Waals surface area contributed by atoms with Crippen molar-refractivity contribution in [3.63, 3.8) is 0 Å². The van der Waals surface area contributed by atoms with Crippen LogP contribution in [0.3, 0.4) is 0 Å². The molecule has 0 radical (unpaired) electrons. The van der Waals surface area contributed by atoms with E-state index in [1.54, 1.807) is 6.26 Å². The molecular weight excluding hydrogens is 356 g/mol. The fourth-order valence-electron chi connectivity index (χ4n) is 2.51. The van der Waals surface area contributed by atoms with Gasteiger partial charge in [0.1, 0.15) is 18.9 Å². The van der Waals surface area contributed by atoms with Gasteiger partial charge in [-0.2, -0.15) is 0 Å². The van der Waals surface area contributed by atoms with Crippen LogP contribution in [-0.4, -0.2) is 38.1 Å². The van der Waals surface area contributed by atoms with E-state index in [0.29, 0.717) is 25.7 Å². The fourth-order valence-corrected chi connectivity index (χ4v) is 2.51. The number of nitrogens with zero attached hydrogens (tertiary/aromatic N) is 1. The molecule has 7 heteroatoms. The Morgan fingerprint density at radius 2 is 2.07 bits per heavy atom. The van der Waals surface area contributed by atoms with Gasteiger partial charge in [-0.1, -0.05) is 19.1 Å². The number of carbonyl (C=O) groups excluding carboxylic acids is 1. The van der Waals surface area contributed by atoms with Crippen molar-refractivity contribution in [2.75, 3.05) is 31.6 Å². The van der Waals surface area contributed by atoms with Crippen LogP contribution < -0.4 is 16.0 Å². The average Bonchev–Trinajstić information content (AvgIpc) is 3.22. The number of guanidine groups is 1. The Balaban J connectivity index is 1.69. The number of furan rings is 1. The minimum atomic E-state index is -0.146. The lowest BCUT2D eigenvalue weighted by molar-refractivity contribution is -0.114. The molecule has 1 aromatic carbocycles. The highest BCUT2D eigenvalue weighted by Crippen LogP contribution is 2.10.